The van der Waals surface area contributed by atoms with Crippen LogP contribution in [0, 0.1) is 5.92 Å². The van der Waals surface area contributed by atoms with Crippen molar-refractivity contribution in [2.45, 2.75) is 19.8 Å². The van der Waals surface area contributed by atoms with Crippen LogP contribution in [0.25, 0.3) is 0 Å². The van der Waals surface area contributed by atoms with Gasteiger partial charge in [-0.15, -0.1) is 0 Å². The van der Waals surface area contributed by atoms with Crippen LogP contribution in [0.15, 0.2) is 22.7 Å². The standard InChI is InChI=1S/C12H16BrClN2O2S/c1-9-5-7-16(8-6-9)19(17,18)15-11-4-2-3-10(14)12(11)13/h2-4,9,15H,5-8H2,1H3. The second-order valence-electron chi connectivity index (χ2n) is 4.79. The molecule has 0 aliphatic carbocycles. The van der Waals surface area contributed by atoms with Crippen molar-refractivity contribution in [1.29, 1.82) is 0 Å². The molecule has 0 aromatic heterocycles. The second kappa shape index (κ2) is 5.99. The van der Waals surface area contributed by atoms with E-state index in [0.29, 0.717) is 34.2 Å². The van der Waals surface area contributed by atoms with Crippen LogP contribution >= 0.6 is 27.5 Å². The van der Waals surface area contributed by atoms with Gasteiger partial charge < -0.3 is 0 Å². The number of nitrogens with one attached hydrogen (secondary N) is 1. The number of hydrogen-bond acceptors (Lipinski definition) is 2. The maximum absolute atomic E-state index is 12.3. The molecule has 1 aliphatic rings. The quantitative estimate of drug-likeness (QED) is 0.889. The number of halogens is 2. The van der Waals surface area contributed by atoms with E-state index in [0.717, 1.165) is 12.8 Å². The van der Waals surface area contributed by atoms with Crippen LogP contribution in [-0.4, -0.2) is 25.8 Å². The van der Waals surface area contributed by atoms with E-state index in [9.17, 15) is 8.42 Å². The summed E-state index contributed by atoms with van der Waals surface area (Å²) in [5.41, 5.74) is 0.464. The van der Waals surface area contributed by atoms with E-state index >= 15 is 0 Å². The Hall–Kier alpha value is -0.300. The maximum atomic E-state index is 12.3. The van der Waals surface area contributed by atoms with Gasteiger partial charge in [0.05, 0.1) is 15.2 Å². The highest BCUT2D eigenvalue weighted by Crippen LogP contribution is 2.31. The molecular formula is C12H16BrClN2O2S. The molecule has 1 aromatic carbocycles. The molecule has 0 unspecified atom stereocenters. The molecule has 1 aliphatic heterocycles. The van der Waals surface area contributed by atoms with Crippen LogP contribution in [0.3, 0.4) is 0 Å². The van der Waals surface area contributed by atoms with Gasteiger partial charge in [-0.1, -0.05) is 24.6 Å². The Morgan fingerprint density at radius 1 is 1.37 bits per heavy atom. The minimum atomic E-state index is -3.50. The van der Waals surface area contributed by atoms with Crippen molar-refractivity contribution in [3.8, 4) is 0 Å². The third-order valence-corrected chi connectivity index (χ3v) is 6.19. The molecule has 1 N–H and O–H groups in total. The van der Waals surface area contributed by atoms with Crippen LogP contribution in [-0.2, 0) is 10.2 Å². The predicted molar refractivity (Wildman–Crippen MR) is 81.7 cm³/mol. The topological polar surface area (TPSA) is 49.4 Å². The van der Waals surface area contributed by atoms with E-state index in [1.807, 2.05) is 0 Å². The summed E-state index contributed by atoms with van der Waals surface area (Å²) in [6.45, 7) is 3.27. The summed E-state index contributed by atoms with van der Waals surface area (Å²) in [5, 5.41) is 0.479. The van der Waals surface area contributed by atoms with E-state index in [2.05, 4.69) is 27.6 Å². The highest BCUT2D eigenvalue weighted by molar-refractivity contribution is 9.10. The van der Waals surface area contributed by atoms with E-state index in [1.165, 1.54) is 4.31 Å². The Morgan fingerprint density at radius 2 is 2.00 bits per heavy atom. The molecule has 2 rings (SSSR count). The van der Waals surface area contributed by atoms with Crippen molar-refractivity contribution in [1.82, 2.24) is 4.31 Å². The highest BCUT2D eigenvalue weighted by Gasteiger charge is 2.26. The van der Waals surface area contributed by atoms with Gasteiger partial charge in [-0.25, -0.2) is 0 Å². The Morgan fingerprint density at radius 3 is 2.63 bits per heavy atom. The molecule has 0 amide bonds. The third-order valence-electron chi connectivity index (χ3n) is 3.27. The maximum Gasteiger partial charge on any atom is 0.301 e. The van der Waals surface area contributed by atoms with E-state index < -0.39 is 10.2 Å². The summed E-state index contributed by atoms with van der Waals surface area (Å²) in [4.78, 5) is 0. The fraction of sp³-hybridized carbons (Fsp3) is 0.500. The molecule has 19 heavy (non-hydrogen) atoms. The Labute approximate surface area is 127 Å². The molecule has 0 bridgehead atoms. The molecule has 7 heteroatoms. The molecule has 1 fully saturated rings. The van der Waals surface area contributed by atoms with Crippen molar-refractivity contribution in [3.05, 3.63) is 27.7 Å². The Kier molecular flexibility index (Phi) is 4.76. The first-order valence-electron chi connectivity index (χ1n) is 6.12. The molecule has 4 nitrogen and oxygen atoms in total. The largest absolute Gasteiger partial charge is 0.301 e. The van der Waals surface area contributed by atoms with Crippen LogP contribution in [0.4, 0.5) is 5.69 Å². The first-order valence-corrected chi connectivity index (χ1v) is 8.73. The van der Waals surface area contributed by atoms with Crippen molar-refractivity contribution >= 4 is 43.4 Å². The monoisotopic (exact) mass is 366 g/mol. The van der Waals surface area contributed by atoms with Gasteiger partial charge in [0, 0.05) is 13.1 Å². The van der Waals surface area contributed by atoms with Gasteiger partial charge in [0.1, 0.15) is 0 Å². The second-order valence-corrected chi connectivity index (χ2v) is 7.66. The van der Waals surface area contributed by atoms with Gasteiger partial charge in [-0.05, 0) is 46.8 Å². The lowest BCUT2D eigenvalue weighted by Crippen LogP contribution is -2.41. The lowest BCUT2D eigenvalue weighted by molar-refractivity contribution is 0.289. The first kappa shape index (κ1) is 15.1. The van der Waals surface area contributed by atoms with Gasteiger partial charge in [0.2, 0.25) is 0 Å². The number of rotatable bonds is 3. The van der Waals surface area contributed by atoms with Gasteiger partial charge in [-0.2, -0.15) is 12.7 Å². The van der Waals surface area contributed by atoms with Crippen LogP contribution in [0.5, 0.6) is 0 Å². The molecule has 0 atom stereocenters. The molecule has 106 valence electrons. The number of benzene rings is 1. The Balaban J connectivity index is 2.15. The Bertz CT molecular complexity index is 557. The fourth-order valence-corrected chi connectivity index (χ4v) is 3.95. The zero-order valence-corrected chi connectivity index (χ0v) is 13.7. The van der Waals surface area contributed by atoms with Crippen molar-refractivity contribution in [2.24, 2.45) is 5.92 Å². The van der Waals surface area contributed by atoms with Gasteiger partial charge in [-0.3, -0.25) is 4.72 Å². The zero-order valence-electron chi connectivity index (χ0n) is 10.6. The molecule has 1 saturated heterocycles. The van der Waals surface area contributed by atoms with Gasteiger partial charge >= 0.3 is 10.2 Å². The molecular weight excluding hydrogens is 352 g/mol. The normalized spacial score (nSPS) is 18.5. The fourth-order valence-electron chi connectivity index (χ4n) is 2.01. The first-order chi connectivity index (χ1) is 8.90. The summed E-state index contributed by atoms with van der Waals surface area (Å²) in [6, 6.07) is 5.09. The zero-order chi connectivity index (χ0) is 14.0. The highest BCUT2D eigenvalue weighted by atomic mass is 79.9. The van der Waals surface area contributed by atoms with Crippen molar-refractivity contribution < 1.29 is 8.42 Å². The molecule has 1 heterocycles. The SMILES string of the molecule is CC1CCN(S(=O)(=O)Nc2cccc(Cl)c2Br)CC1. The predicted octanol–water partition coefficient (Wildman–Crippen LogP) is 3.49. The van der Waals surface area contributed by atoms with Crippen LogP contribution in [0.2, 0.25) is 5.02 Å². The number of nitrogens with zero attached hydrogens (tertiary/aromatic N) is 1. The average Bonchev–Trinajstić information content (AvgIpc) is 2.35. The number of anilines is 1. The van der Waals surface area contributed by atoms with Crippen molar-refractivity contribution in [3.63, 3.8) is 0 Å². The smallest absolute Gasteiger partial charge is 0.270 e. The lowest BCUT2D eigenvalue weighted by Gasteiger charge is -2.29. The molecule has 1 aromatic rings. The molecule has 0 spiro atoms. The summed E-state index contributed by atoms with van der Waals surface area (Å²) >= 11 is 9.24. The van der Waals surface area contributed by atoms with E-state index in [4.69, 9.17) is 11.6 Å². The van der Waals surface area contributed by atoms with E-state index in [1.54, 1.807) is 18.2 Å². The average molecular weight is 368 g/mol. The molecule has 0 radical (unpaired) electrons. The summed E-state index contributed by atoms with van der Waals surface area (Å²) in [5.74, 6) is 0.587. The van der Waals surface area contributed by atoms with Crippen LogP contribution < -0.4 is 4.72 Å². The summed E-state index contributed by atoms with van der Waals surface area (Å²) in [7, 11) is -3.50. The lowest BCUT2D eigenvalue weighted by atomic mass is 10.0. The summed E-state index contributed by atoms with van der Waals surface area (Å²) in [6.07, 6.45) is 1.80. The van der Waals surface area contributed by atoms with Crippen LogP contribution in [0.1, 0.15) is 19.8 Å². The minimum Gasteiger partial charge on any atom is -0.270 e. The number of hydrogen-bond donors (Lipinski definition) is 1. The van der Waals surface area contributed by atoms with Gasteiger partial charge in [0.25, 0.3) is 0 Å². The molecule has 0 saturated carbocycles. The number of piperidine rings is 1. The minimum absolute atomic E-state index is 0.464. The van der Waals surface area contributed by atoms with Gasteiger partial charge in [0.15, 0.2) is 0 Å². The third kappa shape index (κ3) is 3.62. The van der Waals surface area contributed by atoms with E-state index in [-0.39, 0.29) is 0 Å². The summed E-state index contributed by atoms with van der Waals surface area (Å²) < 4.78 is 29.2. The van der Waals surface area contributed by atoms with Crippen molar-refractivity contribution in [2.75, 3.05) is 17.8 Å².